The van der Waals surface area contributed by atoms with Crippen LogP contribution in [-0.2, 0) is 10.0 Å². The van der Waals surface area contributed by atoms with E-state index in [0.717, 1.165) is 24.5 Å². The standard InChI is InChI=1S/C10H9F2N5O2S/c11-7-2-1-3-8(9(7)12)17-20(18,19)6-4-14-10(16-13)15-5-6/h1-5,17H,13H2,(H,14,15,16). The lowest BCUT2D eigenvalue weighted by atomic mass is 10.3. The van der Waals surface area contributed by atoms with Gasteiger partial charge in [-0.15, -0.1) is 0 Å². The van der Waals surface area contributed by atoms with Crippen LogP contribution in [0.1, 0.15) is 0 Å². The van der Waals surface area contributed by atoms with Crippen LogP contribution in [0, 0.1) is 11.6 Å². The number of hydrazine groups is 1. The van der Waals surface area contributed by atoms with Gasteiger partial charge in [0.05, 0.1) is 18.1 Å². The van der Waals surface area contributed by atoms with E-state index in [9.17, 15) is 17.2 Å². The minimum absolute atomic E-state index is 0.0147. The van der Waals surface area contributed by atoms with Crippen molar-refractivity contribution in [1.29, 1.82) is 0 Å². The average molecular weight is 301 g/mol. The molecular formula is C10H9F2N5O2S. The molecule has 0 bridgehead atoms. The van der Waals surface area contributed by atoms with E-state index in [2.05, 4.69) is 15.4 Å². The van der Waals surface area contributed by atoms with E-state index in [1.807, 2.05) is 4.72 Å². The molecule has 106 valence electrons. The molecule has 0 saturated carbocycles. The first-order chi connectivity index (χ1) is 9.44. The normalized spacial score (nSPS) is 11.2. The van der Waals surface area contributed by atoms with E-state index in [4.69, 9.17) is 5.84 Å². The Morgan fingerprint density at radius 3 is 2.40 bits per heavy atom. The van der Waals surface area contributed by atoms with E-state index in [1.165, 1.54) is 6.07 Å². The molecule has 7 nitrogen and oxygen atoms in total. The van der Waals surface area contributed by atoms with Crippen molar-refractivity contribution >= 4 is 21.7 Å². The van der Waals surface area contributed by atoms with Gasteiger partial charge in [-0.3, -0.25) is 10.1 Å². The first-order valence-electron chi connectivity index (χ1n) is 5.19. The van der Waals surface area contributed by atoms with Gasteiger partial charge in [0.15, 0.2) is 11.6 Å². The molecule has 4 N–H and O–H groups in total. The van der Waals surface area contributed by atoms with Crippen molar-refractivity contribution in [2.75, 3.05) is 10.1 Å². The SMILES string of the molecule is NNc1ncc(S(=O)(=O)Nc2cccc(F)c2F)cn1. The van der Waals surface area contributed by atoms with Crippen LogP contribution in [0.5, 0.6) is 0 Å². The molecule has 0 spiro atoms. The molecule has 0 atom stereocenters. The third-order valence-electron chi connectivity index (χ3n) is 2.26. The zero-order chi connectivity index (χ0) is 14.8. The van der Waals surface area contributed by atoms with Crippen molar-refractivity contribution in [3.8, 4) is 0 Å². The number of hydrogen-bond acceptors (Lipinski definition) is 6. The molecule has 0 saturated heterocycles. The maximum atomic E-state index is 13.4. The van der Waals surface area contributed by atoms with Crippen molar-refractivity contribution in [2.45, 2.75) is 4.90 Å². The first kappa shape index (κ1) is 14.1. The van der Waals surface area contributed by atoms with Crippen LogP contribution >= 0.6 is 0 Å². The van der Waals surface area contributed by atoms with Gasteiger partial charge in [0.2, 0.25) is 5.95 Å². The summed E-state index contributed by atoms with van der Waals surface area (Å²) in [5.74, 6) is 2.60. The van der Waals surface area contributed by atoms with Crippen molar-refractivity contribution in [3.63, 3.8) is 0 Å². The topological polar surface area (TPSA) is 110 Å². The number of nitrogen functional groups attached to an aromatic ring is 1. The molecule has 2 aromatic rings. The summed E-state index contributed by atoms with van der Waals surface area (Å²) in [6.07, 6.45) is 1.95. The second-order valence-electron chi connectivity index (χ2n) is 3.59. The molecule has 1 aromatic heterocycles. The molecule has 10 heteroatoms. The van der Waals surface area contributed by atoms with Crippen LogP contribution in [0.15, 0.2) is 35.5 Å². The smallest absolute Gasteiger partial charge is 0.265 e. The molecule has 1 heterocycles. The highest BCUT2D eigenvalue weighted by molar-refractivity contribution is 7.92. The molecule has 0 aliphatic rings. The van der Waals surface area contributed by atoms with Gasteiger partial charge >= 0.3 is 0 Å². The van der Waals surface area contributed by atoms with Crippen LogP contribution in [-0.4, -0.2) is 18.4 Å². The number of halogens is 2. The summed E-state index contributed by atoms with van der Waals surface area (Å²) in [6.45, 7) is 0. The number of rotatable bonds is 4. The molecule has 0 aliphatic carbocycles. The number of anilines is 2. The molecule has 0 radical (unpaired) electrons. The highest BCUT2D eigenvalue weighted by atomic mass is 32.2. The van der Waals surface area contributed by atoms with Crippen molar-refractivity contribution < 1.29 is 17.2 Å². The Balaban J connectivity index is 2.33. The molecule has 2 rings (SSSR count). The fraction of sp³-hybridized carbons (Fsp3) is 0. The van der Waals surface area contributed by atoms with E-state index < -0.39 is 27.3 Å². The van der Waals surface area contributed by atoms with Gasteiger partial charge in [0.25, 0.3) is 10.0 Å². The molecule has 1 aromatic carbocycles. The van der Waals surface area contributed by atoms with Crippen LogP contribution in [0.4, 0.5) is 20.4 Å². The number of aromatic nitrogens is 2. The second-order valence-corrected chi connectivity index (χ2v) is 5.28. The molecule has 0 amide bonds. The fourth-order valence-corrected chi connectivity index (χ4v) is 2.26. The summed E-state index contributed by atoms with van der Waals surface area (Å²) in [5, 5.41) is 0. The summed E-state index contributed by atoms with van der Waals surface area (Å²) >= 11 is 0. The van der Waals surface area contributed by atoms with Crippen LogP contribution in [0.2, 0.25) is 0 Å². The number of sulfonamides is 1. The van der Waals surface area contributed by atoms with E-state index in [-0.39, 0.29) is 10.8 Å². The van der Waals surface area contributed by atoms with Crippen LogP contribution in [0.25, 0.3) is 0 Å². The van der Waals surface area contributed by atoms with Gasteiger partial charge in [-0.1, -0.05) is 6.07 Å². The van der Waals surface area contributed by atoms with Gasteiger partial charge in [-0.25, -0.2) is 33.0 Å². The van der Waals surface area contributed by atoms with E-state index >= 15 is 0 Å². The predicted octanol–water partition coefficient (Wildman–Crippen LogP) is 0.841. The maximum absolute atomic E-state index is 13.4. The van der Waals surface area contributed by atoms with Gasteiger partial charge in [0.1, 0.15) is 4.90 Å². The quantitative estimate of drug-likeness (QED) is 0.570. The average Bonchev–Trinajstić information content (AvgIpc) is 2.44. The molecule has 0 aliphatic heterocycles. The Labute approximate surface area is 112 Å². The largest absolute Gasteiger partial charge is 0.292 e. The Morgan fingerprint density at radius 2 is 1.80 bits per heavy atom. The molecule has 0 fully saturated rings. The minimum atomic E-state index is -4.13. The number of hydrogen-bond donors (Lipinski definition) is 3. The summed E-state index contributed by atoms with van der Waals surface area (Å²) in [7, 11) is -4.13. The highest BCUT2D eigenvalue weighted by Crippen LogP contribution is 2.20. The zero-order valence-electron chi connectivity index (χ0n) is 9.84. The van der Waals surface area contributed by atoms with Gasteiger partial charge < -0.3 is 0 Å². The summed E-state index contributed by atoms with van der Waals surface area (Å²) < 4.78 is 52.2. The predicted molar refractivity (Wildman–Crippen MR) is 67.0 cm³/mol. The van der Waals surface area contributed by atoms with E-state index in [0.29, 0.717) is 0 Å². The number of nitrogens with zero attached hydrogens (tertiary/aromatic N) is 2. The molecular weight excluding hydrogens is 292 g/mol. The van der Waals surface area contributed by atoms with Crippen molar-refractivity contribution in [1.82, 2.24) is 9.97 Å². The lowest BCUT2D eigenvalue weighted by molar-refractivity contribution is 0.511. The summed E-state index contributed by atoms with van der Waals surface area (Å²) in [6, 6.07) is 3.14. The first-order valence-corrected chi connectivity index (χ1v) is 6.68. The van der Waals surface area contributed by atoms with Crippen molar-refractivity contribution in [2.24, 2.45) is 5.84 Å². The Kier molecular flexibility index (Phi) is 3.77. The third-order valence-corrected chi connectivity index (χ3v) is 3.58. The second kappa shape index (κ2) is 5.35. The molecule has 20 heavy (non-hydrogen) atoms. The number of nitrogens with two attached hydrogens (primary N) is 1. The fourth-order valence-electron chi connectivity index (χ4n) is 1.32. The number of nitrogens with one attached hydrogen (secondary N) is 2. The zero-order valence-corrected chi connectivity index (χ0v) is 10.7. The lowest BCUT2D eigenvalue weighted by Gasteiger charge is -2.08. The van der Waals surface area contributed by atoms with Gasteiger partial charge in [-0.2, -0.15) is 0 Å². The monoisotopic (exact) mass is 301 g/mol. The highest BCUT2D eigenvalue weighted by Gasteiger charge is 2.18. The van der Waals surface area contributed by atoms with Gasteiger partial charge in [0, 0.05) is 0 Å². The Hall–Kier alpha value is -2.33. The minimum Gasteiger partial charge on any atom is -0.292 e. The van der Waals surface area contributed by atoms with Crippen molar-refractivity contribution in [3.05, 3.63) is 42.2 Å². The van der Waals surface area contributed by atoms with E-state index in [1.54, 1.807) is 0 Å². The maximum Gasteiger partial charge on any atom is 0.265 e. The van der Waals surface area contributed by atoms with Gasteiger partial charge in [-0.05, 0) is 12.1 Å². The summed E-state index contributed by atoms with van der Waals surface area (Å²) in [4.78, 5) is 6.90. The van der Waals surface area contributed by atoms with Crippen LogP contribution in [0.3, 0.4) is 0 Å². The lowest BCUT2D eigenvalue weighted by Crippen LogP contribution is -2.16. The number of benzene rings is 1. The summed E-state index contributed by atoms with van der Waals surface area (Å²) in [5.41, 5.74) is 1.62. The Morgan fingerprint density at radius 1 is 1.15 bits per heavy atom. The third kappa shape index (κ3) is 2.81. The van der Waals surface area contributed by atoms with Crippen LogP contribution < -0.4 is 16.0 Å². The Bertz CT molecular complexity index is 721. The molecule has 0 unspecified atom stereocenters.